The van der Waals surface area contributed by atoms with Crippen LogP contribution in [0.5, 0.6) is 0 Å². The molecule has 0 spiro atoms. The van der Waals surface area contributed by atoms with Crippen molar-refractivity contribution in [3.8, 4) is 0 Å². The lowest BCUT2D eigenvalue weighted by Gasteiger charge is -2.28. The Morgan fingerprint density at radius 2 is 1.85 bits per heavy atom. The van der Waals surface area contributed by atoms with Gasteiger partial charge in [-0.2, -0.15) is 0 Å². The fraction of sp³-hybridized carbons (Fsp3) is 0.500. The lowest BCUT2D eigenvalue weighted by atomic mass is 10.1. The molecule has 1 atom stereocenters. The molecule has 7 nitrogen and oxygen atoms in total. The molecule has 2 fully saturated rings. The molecule has 3 rings (SSSR count). The van der Waals surface area contributed by atoms with Crippen molar-refractivity contribution in [3.05, 3.63) is 35.9 Å². The van der Waals surface area contributed by atoms with Gasteiger partial charge in [0.05, 0.1) is 26.2 Å². The molecule has 1 aromatic rings. The first-order valence-electron chi connectivity index (χ1n) is 9.69. The molecule has 7 heteroatoms. The van der Waals surface area contributed by atoms with E-state index < -0.39 is 23.8 Å². The van der Waals surface area contributed by atoms with E-state index in [4.69, 9.17) is 0 Å². The fourth-order valence-corrected chi connectivity index (χ4v) is 3.56. The highest BCUT2D eigenvalue weighted by Gasteiger charge is 2.39. The molecular formula is C20H27N4O3+. The smallest absolute Gasteiger partial charge is 0.330 e. The number of aliphatic imine (C=N–C) groups is 1. The number of urea groups is 1. The van der Waals surface area contributed by atoms with Gasteiger partial charge in [0, 0.05) is 12.8 Å². The number of nitrogens with zero attached hydrogens (tertiary/aromatic N) is 2. The Balaban J connectivity index is 1.54. The van der Waals surface area contributed by atoms with Gasteiger partial charge in [0.2, 0.25) is 11.8 Å². The van der Waals surface area contributed by atoms with E-state index in [0.717, 1.165) is 17.0 Å². The molecule has 0 unspecified atom stereocenters. The number of rotatable bonds is 7. The minimum atomic E-state index is -1.02. The van der Waals surface area contributed by atoms with E-state index in [0.29, 0.717) is 13.0 Å². The Hall–Kier alpha value is -2.54. The predicted octanol–water partition coefficient (Wildman–Crippen LogP) is 0.0633. The van der Waals surface area contributed by atoms with Gasteiger partial charge in [-0.1, -0.05) is 30.3 Å². The number of nitrogens with one attached hydrogen (secondary N) is 2. The third-order valence-electron chi connectivity index (χ3n) is 5.17. The maximum absolute atomic E-state index is 12.6. The minimum absolute atomic E-state index is 0.240. The van der Waals surface area contributed by atoms with Crippen molar-refractivity contribution in [2.75, 3.05) is 32.7 Å². The number of imide groups is 2. The van der Waals surface area contributed by atoms with Crippen molar-refractivity contribution in [1.82, 2.24) is 10.2 Å². The molecule has 0 aromatic heterocycles. The molecule has 2 heterocycles. The van der Waals surface area contributed by atoms with Crippen molar-refractivity contribution < 1.29 is 19.3 Å². The number of benzene rings is 1. The second kappa shape index (κ2) is 9.41. The van der Waals surface area contributed by atoms with Crippen LogP contribution in [-0.4, -0.2) is 61.7 Å². The van der Waals surface area contributed by atoms with E-state index in [1.165, 1.54) is 43.5 Å². The Morgan fingerprint density at radius 3 is 2.59 bits per heavy atom. The first-order chi connectivity index (χ1) is 13.1. The van der Waals surface area contributed by atoms with Crippen molar-refractivity contribution in [1.29, 1.82) is 0 Å². The summed E-state index contributed by atoms with van der Waals surface area (Å²) in [6.45, 7) is 4.07. The number of piperidine rings is 1. The summed E-state index contributed by atoms with van der Waals surface area (Å²) in [5.74, 6) is -2.10. The van der Waals surface area contributed by atoms with Gasteiger partial charge in [0.1, 0.15) is 0 Å². The van der Waals surface area contributed by atoms with Gasteiger partial charge in [-0.25, -0.2) is 4.79 Å². The number of carbonyl (C=O) groups is 3. The third-order valence-corrected chi connectivity index (χ3v) is 5.17. The van der Waals surface area contributed by atoms with E-state index in [9.17, 15) is 14.4 Å². The first-order valence-corrected chi connectivity index (χ1v) is 9.69. The van der Waals surface area contributed by atoms with Gasteiger partial charge in [0.25, 0.3) is 0 Å². The average Bonchev–Trinajstić information content (AvgIpc) is 2.68. The van der Waals surface area contributed by atoms with Gasteiger partial charge < -0.3 is 4.90 Å². The number of hydrogen-bond acceptors (Lipinski definition) is 4. The van der Waals surface area contributed by atoms with Gasteiger partial charge in [-0.3, -0.25) is 24.8 Å². The fourth-order valence-electron chi connectivity index (χ4n) is 3.56. The monoisotopic (exact) mass is 371 g/mol. The number of likely N-dealkylation sites (tertiary alicyclic amines) is 1. The quantitative estimate of drug-likeness (QED) is 0.525. The SMILES string of the molecule is O=C1NC(=O)N(CCc2ccccc2)C(=O)[C@@H]1C=NCC[NH+]1CCCCC1. The zero-order valence-corrected chi connectivity index (χ0v) is 15.5. The molecule has 144 valence electrons. The lowest BCUT2D eigenvalue weighted by Crippen LogP contribution is -3.13. The molecule has 2 aliphatic heterocycles. The van der Waals surface area contributed by atoms with Crippen molar-refractivity contribution in [2.45, 2.75) is 25.7 Å². The van der Waals surface area contributed by atoms with Crippen LogP contribution in [0.3, 0.4) is 0 Å². The molecule has 0 aliphatic carbocycles. The molecule has 4 amide bonds. The Bertz CT molecular complexity index is 698. The van der Waals surface area contributed by atoms with E-state index in [-0.39, 0.29) is 6.54 Å². The van der Waals surface area contributed by atoms with E-state index >= 15 is 0 Å². The van der Waals surface area contributed by atoms with E-state index in [2.05, 4.69) is 10.3 Å². The summed E-state index contributed by atoms with van der Waals surface area (Å²) >= 11 is 0. The Morgan fingerprint density at radius 1 is 1.11 bits per heavy atom. The first kappa shape index (κ1) is 19.2. The highest BCUT2D eigenvalue weighted by atomic mass is 16.2. The maximum Gasteiger partial charge on any atom is 0.330 e. The van der Waals surface area contributed by atoms with Crippen LogP contribution in [0.15, 0.2) is 35.3 Å². The standard InChI is InChI=1S/C20H26N4O3/c25-18-17(15-21-10-14-23-11-5-2-6-12-23)19(26)24(20(27)22-18)13-9-16-7-3-1-4-8-16/h1,3-4,7-8,15,17H,2,5-6,9-14H2,(H,22,25,27)/p+1/t17-/m1/s1. The molecule has 0 bridgehead atoms. The van der Waals surface area contributed by atoms with Crippen molar-refractivity contribution in [2.24, 2.45) is 10.9 Å². The number of amides is 4. The molecule has 2 saturated heterocycles. The van der Waals surface area contributed by atoms with Gasteiger partial charge in [0.15, 0.2) is 5.92 Å². The minimum Gasteiger partial charge on any atom is -0.333 e. The Kier molecular flexibility index (Phi) is 6.70. The van der Waals surface area contributed by atoms with Crippen LogP contribution in [0.1, 0.15) is 24.8 Å². The maximum atomic E-state index is 12.6. The summed E-state index contributed by atoms with van der Waals surface area (Å²) in [5, 5.41) is 2.27. The largest absolute Gasteiger partial charge is 0.333 e. The normalized spacial score (nSPS) is 21.7. The molecule has 2 N–H and O–H groups in total. The summed E-state index contributed by atoms with van der Waals surface area (Å²) in [7, 11) is 0. The molecule has 0 saturated carbocycles. The summed E-state index contributed by atoms with van der Waals surface area (Å²) in [6, 6.07) is 8.98. The van der Waals surface area contributed by atoms with E-state index in [1.807, 2.05) is 30.3 Å². The van der Waals surface area contributed by atoms with Crippen molar-refractivity contribution >= 4 is 24.1 Å². The number of quaternary nitrogens is 1. The summed E-state index contributed by atoms with van der Waals surface area (Å²) in [5.41, 5.74) is 1.03. The van der Waals surface area contributed by atoms with Gasteiger partial charge in [-0.05, 0) is 31.2 Å². The summed E-state index contributed by atoms with van der Waals surface area (Å²) in [6.07, 6.45) is 5.76. The number of hydrogen-bond donors (Lipinski definition) is 2. The Labute approximate surface area is 159 Å². The molecule has 2 aliphatic rings. The zero-order valence-electron chi connectivity index (χ0n) is 15.5. The van der Waals surface area contributed by atoms with Crippen LogP contribution in [0.2, 0.25) is 0 Å². The molecule has 27 heavy (non-hydrogen) atoms. The van der Waals surface area contributed by atoms with Crippen molar-refractivity contribution in [3.63, 3.8) is 0 Å². The van der Waals surface area contributed by atoms with Crippen LogP contribution in [0, 0.1) is 5.92 Å². The highest BCUT2D eigenvalue weighted by Crippen LogP contribution is 2.11. The van der Waals surface area contributed by atoms with Crippen LogP contribution in [0.25, 0.3) is 0 Å². The molecule has 1 aromatic carbocycles. The van der Waals surface area contributed by atoms with Crippen LogP contribution >= 0.6 is 0 Å². The number of barbiturate groups is 1. The highest BCUT2D eigenvalue weighted by molar-refractivity contribution is 6.23. The second-order valence-electron chi connectivity index (χ2n) is 7.11. The van der Waals surface area contributed by atoms with E-state index in [1.54, 1.807) is 0 Å². The summed E-state index contributed by atoms with van der Waals surface area (Å²) in [4.78, 5) is 43.6. The topological polar surface area (TPSA) is 83.3 Å². The molecular weight excluding hydrogens is 344 g/mol. The van der Waals surface area contributed by atoms with Crippen LogP contribution in [-0.2, 0) is 16.0 Å². The second-order valence-corrected chi connectivity index (χ2v) is 7.11. The average molecular weight is 371 g/mol. The van der Waals surface area contributed by atoms with Gasteiger partial charge >= 0.3 is 6.03 Å². The zero-order chi connectivity index (χ0) is 19.1. The third kappa shape index (κ3) is 5.23. The van der Waals surface area contributed by atoms with Crippen LogP contribution in [0.4, 0.5) is 4.79 Å². The summed E-state index contributed by atoms with van der Waals surface area (Å²) < 4.78 is 0. The lowest BCUT2D eigenvalue weighted by molar-refractivity contribution is -0.903. The predicted molar refractivity (Wildman–Crippen MR) is 102 cm³/mol. The van der Waals surface area contributed by atoms with Crippen LogP contribution < -0.4 is 10.2 Å². The number of carbonyl (C=O) groups excluding carboxylic acids is 3. The van der Waals surface area contributed by atoms with Gasteiger partial charge in [-0.15, -0.1) is 0 Å². The molecule has 0 radical (unpaired) electrons.